The second-order valence-electron chi connectivity index (χ2n) is 9.45. The van der Waals surface area contributed by atoms with E-state index in [1.165, 1.54) is 12.1 Å². The topological polar surface area (TPSA) is 91.4 Å². The molecule has 2 aliphatic carbocycles. The predicted molar refractivity (Wildman–Crippen MR) is 131 cm³/mol. The third kappa shape index (κ3) is 6.65. The number of amides is 3. The van der Waals surface area contributed by atoms with Gasteiger partial charge in [0.05, 0.1) is 0 Å². The summed E-state index contributed by atoms with van der Waals surface area (Å²) < 4.78 is 13.7. The van der Waals surface area contributed by atoms with E-state index in [1.807, 2.05) is 0 Å². The Kier molecular flexibility index (Phi) is 8.45. The lowest BCUT2D eigenvalue weighted by molar-refractivity contribution is -0.144. The van der Waals surface area contributed by atoms with Crippen molar-refractivity contribution < 1.29 is 18.8 Å². The number of aromatic nitrogens is 1. The molecule has 0 aliphatic heterocycles. The highest BCUT2D eigenvalue weighted by Gasteiger charge is 2.38. The summed E-state index contributed by atoms with van der Waals surface area (Å²) in [4.78, 5) is 45.4. The van der Waals surface area contributed by atoms with Crippen LogP contribution in [0, 0.1) is 5.82 Å². The molecule has 186 valence electrons. The molecular formula is C27H33FN4O3. The Balaban J connectivity index is 1.53. The first kappa shape index (κ1) is 24.8. The molecule has 2 fully saturated rings. The van der Waals surface area contributed by atoms with Crippen molar-refractivity contribution in [3.05, 3.63) is 60.0 Å². The first-order chi connectivity index (χ1) is 17.0. The van der Waals surface area contributed by atoms with Gasteiger partial charge in [-0.2, -0.15) is 0 Å². The minimum atomic E-state index is -0.856. The third-order valence-corrected chi connectivity index (χ3v) is 6.92. The number of hydrogen-bond donors (Lipinski definition) is 2. The van der Waals surface area contributed by atoms with Gasteiger partial charge in [0.15, 0.2) is 0 Å². The van der Waals surface area contributed by atoms with Crippen LogP contribution in [0.1, 0.15) is 75.8 Å². The van der Waals surface area contributed by atoms with Crippen LogP contribution in [0.2, 0.25) is 0 Å². The van der Waals surface area contributed by atoms with Gasteiger partial charge in [-0.05, 0) is 55.5 Å². The average Bonchev–Trinajstić information content (AvgIpc) is 3.57. The van der Waals surface area contributed by atoms with Gasteiger partial charge in [-0.25, -0.2) is 9.37 Å². The molecule has 2 aliphatic rings. The zero-order valence-electron chi connectivity index (χ0n) is 19.9. The van der Waals surface area contributed by atoms with Crippen molar-refractivity contribution in [3.8, 4) is 0 Å². The van der Waals surface area contributed by atoms with E-state index in [2.05, 4.69) is 15.6 Å². The Morgan fingerprint density at radius 3 is 2.29 bits per heavy atom. The molecule has 4 rings (SSSR count). The Bertz CT molecular complexity index is 1000. The van der Waals surface area contributed by atoms with E-state index in [4.69, 9.17) is 0 Å². The number of benzene rings is 1. The molecule has 0 saturated heterocycles. The van der Waals surface area contributed by atoms with Gasteiger partial charge in [-0.15, -0.1) is 0 Å². The lowest BCUT2D eigenvalue weighted by atomic mass is 9.99. The summed E-state index contributed by atoms with van der Waals surface area (Å²) in [6.45, 7) is 0. The molecular weight excluding hydrogens is 447 g/mol. The molecule has 2 aromatic rings. The SMILES string of the molecule is O=C(CCC(=O)N(C1CCCC1)C(C(=O)NC1CCCC1)c1ccc(F)cc1)Nc1ccccn1. The van der Waals surface area contributed by atoms with Crippen LogP contribution in [0.15, 0.2) is 48.7 Å². The number of halogens is 1. The van der Waals surface area contributed by atoms with Crippen LogP contribution in [-0.2, 0) is 14.4 Å². The van der Waals surface area contributed by atoms with E-state index >= 15 is 0 Å². The minimum Gasteiger partial charge on any atom is -0.351 e. The van der Waals surface area contributed by atoms with E-state index in [-0.39, 0.29) is 42.6 Å². The van der Waals surface area contributed by atoms with Gasteiger partial charge in [-0.1, -0.05) is 43.9 Å². The fourth-order valence-electron chi connectivity index (χ4n) is 5.17. The second-order valence-corrected chi connectivity index (χ2v) is 9.45. The first-order valence-corrected chi connectivity index (χ1v) is 12.6. The van der Waals surface area contributed by atoms with E-state index in [1.54, 1.807) is 41.4 Å². The number of carbonyl (C=O) groups excluding carboxylic acids is 3. The normalized spacial score (nSPS) is 17.2. The highest BCUT2D eigenvalue weighted by Crippen LogP contribution is 2.33. The van der Waals surface area contributed by atoms with Gasteiger partial charge in [0.1, 0.15) is 17.7 Å². The molecule has 2 N–H and O–H groups in total. The molecule has 0 bridgehead atoms. The zero-order chi connectivity index (χ0) is 24.6. The summed E-state index contributed by atoms with van der Waals surface area (Å²) in [6.07, 6.45) is 9.11. The second kappa shape index (κ2) is 11.9. The molecule has 1 unspecified atom stereocenters. The lowest BCUT2D eigenvalue weighted by Gasteiger charge is -2.36. The Morgan fingerprint density at radius 1 is 0.943 bits per heavy atom. The van der Waals surface area contributed by atoms with Gasteiger partial charge in [-0.3, -0.25) is 14.4 Å². The standard InChI is InChI=1S/C27H33FN4O3/c28-20-14-12-19(13-15-20)26(27(35)30-21-7-1-2-8-21)32(22-9-3-4-10-22)25(34)17-16-24(33)31-23-11-5-6-18-29-23/h5-6,11-15,18,21-22,26H,1-4,7-10,16-17H2,(H,30,35)(H,29,31,33). The molecule has 8 heteroatoms. The summed E-state index contributed by atoms with van der Waals surface area (Å²) in [5, 5.41) is 5.84. The predicted octanol–water partition coefficient (Wildman–Crippen LogP) is 4.51. The molecule has 35 heavy (non-hydrogen) atoms. The minimum absolute atomic E-state index is 0.0149. The van der Waals surface area contributed by atoms with Crippen LogP contribution in [0.5, 0.6) is 0 Å². The zero-order valence-corrected chi connectivity index (χ0v) is 19.9. The quantitative estimate of drug-likeness (QED) is 0.552. The number of nitrogens with one attached hydrogen (secondary N) is 2. The van der Waals surface area contributed by atoms with E-state index in [9.17, 15) is 18.8 Å². The van der Waals surface area contributed by atoms with Crippen molar-refractivity contribution >= 4 is 23.5 Å². The van der Waals surface area contributed by atoms with Gasteiger partial charge in [0, 0.05) is 31.1 Å². The summed E-state index contributed by atoms with van der Waals surface area (Å²) in [5.41, 5.74) is 0.583. The Hall–Kier alpha value is -3.29. The van der Waals surface area contributed by atoms with Crippen LogP contribution in [0.25, 0.3) is 0 Å². The maximum Gasteiger partial charge on any atom is 0.247 e. The molecule has 0 spiro atoms. The average molecular weight is 481 g/mol. The summed E-state index contributed by atoms with van der Waals surface area (Å²) in [6, 6.07) is 10.2. The highest BCUT2D eigenvalue weighted by atomic mass is 19.1. The molecule has 1 heterocycles. The molecule has 7 nitrogen and oxygen atoms in total. The summed E-state index contributed by atoms with van der Waals surface area (Å²) >= 11 is 0. The van der Waals surface area contributed by atoms with E-state index < -0.39 is 11.9 Å². The van der Waals surface area contributed by atoms with E-state index in [0.717, 1.165) is 51.4 Å². The molecule has 3 amide bonds. The van der Waals surface area contributed by atoms with Crippen LogP contribution < -0.4 is 10.6 Å². The van der Waals surface area contributed by atoms with Crippen molar-refractivity contribution in [2.24, 2.45) is 0 Å². The number of anilines is 1. The highest BCUT2D eigenvalue weighted by molar-refractivity contribution is 5.94. The smallest absolute Gasteiger partial charge is 0.247 e. The summed E-state index contributed by atoms with van der Waals surface area (Å²) in [7, 11) is 0. The number of hydrogen-bond acceptors (Lipinski definition) is 4. The number of pyridine rings is 1. The van der Waals surface area contributed by atoms with Crippen molar-refractivity contribution in [2.75, 3.05) is 5.32 Å². The third-order valence-electron chi connectivity index (χ3n) is 6.92. The Morgan fingerprint density at radius 2 is 1.63 bits per heavy atom. The Labute approximate surface area is 205 Å². The van der Waals surface area contributed by atoms with Crippen molar-refractivity contribution in [1.29, 1.82) is 0 Å². The van der Waals surface area contributed by atoms with Gasteiger partial charge in [0.2, 0.25) is 17.7 Å². The fraction of sp³-hybridized carbons (Fsp3) is 0.481. The fourth-order valence-corrected chi connectivity index (χ4v) is 5.17. The molecule has 1 atom stereocenters. The first-order valence-electron chi connectivity index (χ1n) is 12.6. The molecule has 2 saturated carbocycles. The van der Waals surface area contributed by atoms with Gasteiger partial charge < -0.3 is 15.5 Å². The van der Waals surface area contributed by atoms with Crippen LogP contribution in [-0.4, -0.2) is 39.7 Å². The summed E-state index contributed by atoms with van der Waals surface area (Å²) in [5.74, 6) is -0.755. The van der Waals surface area contributed by atoms with Crippen LogP contribution in [0.3, 0.4) is 0 Å². The van der Waals surface area contributed by atoms with Crippen molar-refractivity contribution in [1.82, 2.24) is 15.2 Å². The molecule has 1 aromatic carbocycles. The maximum absolute atomic E-state index is 13.7. The number of nitrogens with zero attached hydrogens (tertiary/aromatic N) is 2. The lowest BCUT2D eigenvalue weighted by Crippen LogP contribution is -2.49. The number of carbonyl (C=O) groups is 3. The number of rotatable bonds is 9. The largest absolute Gasteiger partial charge is 0.351 e. The van der Waals surface area contributed by atoms with Gasteiger partial charge >= 0.3 is 0 Å². The van der Waals surface area contributed by atoms with Crippen molar-refractivity contribution in [3.63, 3.8) is 0 Å². The van der Waals surface area contributed by atoms with Crippen molar-refractivity contribution in [2.45, 2.75) is 82.3 Å². The van der Waals surface area contributed by atoms with Crippen LogP contribution in [0.4, 0.5) is 10.2 Å². The monoisotopic (exact) mass is 480 g/mol. The van der Waals surface area contributed by atoms with E-state index in [0.29, 0.717) is 11.4 Å². The molecule has 1 aromatic heterocycles. The van der Waals surface area contributed by atoms with Crippen LogP contribution >= 0.6 is 0 Å². The van der Waals surface area contributed by atoms with Gasteiger partial charge in [0.25, 0.3) is 0 Å². The molecule has 0 radical (unpaired) electrons. The maximum atomic E-state index is 13.7.